The Morgan fingerprint density at radius 1 is 1.29 bits per heavy atom. The van der Waals surface area contributed by atoms with Crippen molar-refractivity contribution in [3.8, 4) is 0 Å². The van der Waals surface area contributed by atoms with Gasteiger partial charge in [-0.15, -0.1) is 16.2 Å². The summed E-state index contributed by atoms with van der Waals surface area (Å²) in [6, 6.07) is 0. The largest absolute Gasteiger partial charge is 0.294 e. The van der Waals surface area contributed by atoms with E-state index in [-0.39, 0.29) is 29.0 Å². The number of amides is 4. The third kappa shape index (κ3) is 1.67. The molecule has 2 aliphatic rings. The predicted molar refractivity (Wildman–Crippen MR) is 71.1 cm³/mol. The standard InChI is InChI=1S/C12H9N3O5S/c1-12(3-2-6(16)13-11(12)19)15-9(17)5-4-21-8(14-20)7(5)10(15)18/h4H,2-3H2,1H3,(H,13,16,19)/t12-/m1/s1. The molecule has 1 aromatic rings. The monoisotopic (exact) mass is 307 g/mol. The Morgan fingerprint density at radius 2 is 2.00 bits per heavy atom. The number of carbonyl (C=O) groups is 4. The number of imide groups is 2. The number of carbonyl (C=O) groups excluding carboxylic acids is 4. The lowest BCUT2D eigenvalue weighted by molar-refractivity contribution is -0.140. The second-order valence-corrected chi connectivity index (χ2v) is 5.88. The first-order valence-corrected chi connectivity index (χ1v) is 6.96. The van der Waals surface area contributed by atoms with Gasteiger partial charge >= 0.3 is 0 Å². The minimum Gasteiger partial charge on any atom is -0.294 e. The molecule has 1 aromatic heterocycles. The highest BCUT2D eigenvalue weighted by molar-refractivity contribution is 7.14. The number of piperidine rings is 1. The number of fused-ring (bicyclic) bond motifs is 1. The first-order chi connectivity index (χ1) is 9.90. The highest BCUT2D eigenvalue weighted by Gasteiger charge is 2.53. The maximum Gasteiger partial charge on any atom is 0.265 e. The highest BCUT2D eigenvalue weighted by atomic mass is 32.1. The molecule has 3 rings (SSSR count). The lowest BCUT2D eigenvalue weighted by Gasteiger charge is -2.38. The van der Waals surface area contributed by atoms with Gasteiger partial charge in [-0.2, -0.15) is 0 Å². The number of thiophene rings is 1. The number of nitroso groups, excluding NO2 is 1. The molecule has 1 N–H and O–H groups in total. The molecule has 0 spiro atoms. The van der Waals surface area contributed by atoms with Gasteiger partial charge in [-0.25, -0.2) is 0 Å². The minimum absolute atomic E-state index is 0.0327. The smallest absolute Gasteiger partial charge is 0.265 e. The first kappa shape index (κ1) is 13.6. The number of nitrogens with zero attached hydrogens (tertiary/aromatic N) is 2. The maximum absolute atomic E-state index is 12.4. The zero-order valence-corrected chi connectivity index (χ0v) is 11.7. The van der Waals surface area contributed by atoms with Crippen LogP contribution in [0.3, 0.4) is 0 Å². The van der Waals surface area contributed by atoms with Gasteiger partial charge in [0.05, 0.1) is 11.1 Å². The summed E-state index contributed by atoms with van der Waals surface area (Å²) in [6.45, 7) is 1.42. The molecule has 8 nitrogen and oxygen atoms in total. The average Bonchev–Trinajstić information content (AvgIpc) is 2.96. The second-order valence-electron chi connectivity index (χ2n) is 5.02. The Balaban J connectivity index is 2.05. The van der Waals surface area contributed by atoms with E-state index in [4.69, 9.17) is 0 Å². The highest BCUT2D eigenvalue weighted by Crippen LogP contribution is 2.41. The van der Waals surface area contributed by atoms with Gasteiger partial charge in [0.15, 0.2) is 5.00 Å². The number of nitrogens with one attached hydrogen (secondary N) is 1. The van der Waals surface area contributed by atoms with Gasteiger partial charge in [-0.3, -0.25) is 29.4 Å². The van der Waals surface area contributed by atoms with Crippen LogP contribution < -0.4 is 5.32 Å². The van der Waals surface area contributed by atoms with Crippen molar-refractivity contribution >= 4 is 40.0 Å². The predicted octanol–water partition coefficient (Wildman–Crippen LogP) is 0.937. The van der Waals surface area contributed by atoms with E-state index in [1.54, 1.807) is 0 Å². The molecule has 1 atom stereocenters. The molecule has 2 aliphatic heterocycles. The molecule has 9 heteroatoms. The molecule has 0 bridgehead atoms. The molecule has 1 fully saturated rings. The molecule has 0 radical (unpaired) electrons. The van der Waals surface area contributed by atoms with Crippen LogP contribution in [-0.2, 0) is 9.59 Å². The lowest BCUT2D eigenvalue weighted by atomic mass is 9.89. The van der Waals surface area contributed by atoms with Crippen molar-refractivity contribution < 1.29 is 19.2 Å². The Hall–Kier alpha value is -2.42. The van der Waals surface area contributed by atoms with Crippen LogP contribution in [0.5, 0.6) is 0 Å². The van der Waals surface area contributed by atoms with Gasteiger partial charge in [0, 0.05) is 11.8 Å². The molecule has 3 heterocycles. The van der Waals surface area contributed by atoms with Gasteiger partial charge in [0.25, 0.3) is 17.7 Å². The number of hydrogen-bond acceptors (Lipinski definition) is 7. The quantitative estimate of drug-likeness (QED) is 0.645. The van der Waals surface area contributed by atoms with Crippen molar-refractivity contribution in [3.05, 3.63) is 21.4 Å². The normalized spacial score (nSPS) is 25.1. The van der Waals surface area contributed by atoms with Crippen molar-refractivity contribution in [3.63, 3.8) is 0 Å². The summed E-state index contributed by atoms with van der Waals surface area (Å²) in [5.74, 6) is -2.51. The van der Waals surface area contributed by atoms with Crippen molar-refractivity contribution in [2.24, 2.45) is 5.18 Å². The Morgan fingerprint density at radius 3 is 2.62 bits per heavy atom. The molecule has 1 saturated heterocycles. The van der Waals surface area contributed by atoms with E-state index < -0.39 is 29.2 Å². The lowest BCUT2D eigenvalue weighted by Crippen LogP contribution is -2.62. The van der Waals surface area contributed by atoms with E-state index in [2.05, 4.69) is 10.5 Å². The van der Waals surface area contributed by atoms with Crippen LogP contribution in [0.1, 0.15) is 40.5 Å². The van der Waals surface area contributed by atoms with Crippen LogP contribution in [0.25, 0.3) is 0 Å². The van der Waals surface area contributed by atoms with E-state index in [1.807, 2.05) is 0 Å². The van der Waals surface area contributed by atoms with Crippen molar-refractivity contribution in [2.75, 3.05) is 0 Å². The van der Waals surface area contributed by atoms with Crippen LogP contribution in [0.4, 0.5) is 5.00 Å². The van der Waals surface area contributed by atoms with Crippen LogP contribution in [0, 0.1) is 4.91 Å². The van der Waals surface area contributed by atoms with Crippen LogP contribution in [0.2, 0.25) is 0 Å². The zero-order chi connectivity index (χ0) is 15.4. The average molecular weight is 307 g/mol. The summed E-state index contributed by atoms with van der Waals surface area (Å²) in [5, 5.41) is 6.16. The third-order valence-corrected chi connectivity index (χ3v) is 4.63. The Bertz CT molecular complexity index is 724. The Kier molecular flexibility index (Phi) is 2.77. The van der Waals surface area contributed by atoms with E-state index in [0.717, 1.165) is 16.2 Å². The van der Waals surface area contributed by atoms with Gasteiger partial charge in [0.1, 0.15) is 5.54 Å². The molecule has 0 saturated carbocycles. The van der Waals surface area contributed by atoms with Crippen molar-refractivity contribution in [1.82, 2.24) is 10.2 Å². The van der Waals surface area contributed by atoms with Crippen LogP contribution >= 0.6 is 11.3 Å². The van der Waals surface area contributed by atoms with Gasteiger partial charge in [-0.1, -0.05) is 0 Å². The summed E-state index contributed by atoms with van der Waals surface area (Å²) in [5.41, 5.74) is -1.43. The minimum atomic E-state index is -1.45. The molecular formula is C12H9N3O5S. The fourth-order valence-corrected chi connectivity index (χ4v) is 3.37. The molecular weight excluding hydrogens is 298 g/mol. The summed E-state index contributed by atoms with van der Waals surface area (Å²) in [7, 11) is 0. The molecule has 0 aliphatic carbocycles. The molecule has 4 amide bonds. The summed E-state index contributed by atoms with van der Waals surface area (Å²) >= 11 is 0.906. The van der Waals surface area contributed by atoms with Gasteiger partial charge in [-0.05, 0) is 18.5 Å². The third-order valence-electron chi connectivity index (χ3n) is 3.78. The van der Waals surface area contributed by atoms with Crippen LogP contribution in [0.15, 0.2) is 10.6 Å². The van der Waals surface area contributed by atoms with Crippen LogP contribution in [-0.4, -0.2) is 34.1 Å². The number of hydrogen-bond donors (Lipinski definition) is 1. The topological polar surface area (TPSA) is 113 Å². The zero-order valence-electron chi connectivity index (χ0n) is 10.8. The van der Waals surface area contributed by atoms with E-state index >= 15 is 0 Å². The molecule has 0 aromatic carbocycles. The first-order valence-electron chi connectivity index (χ1n) is 6.08. The molecule has 21 heavy (non-hydrogen) atoms. The van der Waals surface area contributed by atoms with Crippen molar-refractivity contribution in [2.45, 2.75) is 25.3 Å². The fraction of sp³-hybridized carbons (Fsp3) is 0.333. The van der Waals surface area contributed by atoms with E-state index in [1.165, 1.54) is 12.3 Å². The van der Waals surface area contributed by atoms with E-state index in [0.29, 0.717) is 0 Å². The summed E-state index contributed by atoms with van der Waals surface area (Å²) in [6.07, 6.45) is 0.0810. The summed E-state index contributed by atoms with van der Waals surface area (Å²) in [4.78, 5) is 59.6. The van der Waals surface area contributed by atoms with E-state index in [9.17, 15) is 24.1 Å². The van der Waals surface area contributed by atoms with Gasteiger partial charge in [0.2, 0.25) is 5.91 Å². The Labute approximate surface area is 122 Å². The van der Waals surface area contributed by atoms with Crippen molar-refractivity contribution in [1.29, 1.82) is 0 Å². The number of rotatable bonds is 2. The molecule has 0 unspecified atom stereocenters. The summed E-state index contributed by atoms with van der Waals surface area (Å²) < 4.78 is 0. The SMILES string of the molecule is C[C@@]1(N2C(=O)c3csc(N=O)c3C2=O)CCC(=O)NC1=O. The maximum atomic E-state index is 12.4. The molecule has 108 valence electrons. The van der Waals surface area contributed by atoms with Gasteiger partial charge < -0.3 is 0 Å². The second kappa shape index (κ2) is 4.29. The fourth-order valence-electron chi connectivity index (χ4n) is 2.56.